The molecule has 3 amide bonds. The summed E-state index contributed by atoms with van der Waals surface area (Å²) < 4.78 is 15.7. The molecule has 0 spiro atoms. The van der Waals surface area contributed by atoms with Crippen molar-refractivity contribution in [3.05, 3.63) is 53.6 Å². The molecule has 0 aromatic heterocycles. The summed E-state index contributed by atoms with van der Waals surface area (Å²) in [5.41, 5.74) is 5.93. The van der Waals surface area contributed by atoms with Gasteiger partial charge in [0.25, 0.3) is 5.91 Å². The van der Waals surface area contributed by atoms with Gasteiger partial charge >= 0.3 is 0 Å². The molecular weight excluding hydrogens is 448 g/mol. The highest BCUT2D eigenvalue weighted by atomic mass is 32.1. The van der Waals surface area contributed by atoms with Crippen molar-refractivity contribution in [3.63, 3.8) is 0 Å². The smallest absolute Gasteiger partial charge is 0.257 e. The van der Waals surface area contributed by atoms with Crippen molar-refractivity contribution < 1.29 is 28.6 Å². The number of hydrogen-bond acceptors (Lipinski definition) is 7. The maximum absolute atomic E-state index is 12.5. The molecule has 0 aliphatic carbocycles. The van der Waals surface area contributed by atoms with Gasteiger partial charge in [0.15, 0.2) is 16.6 Å². The first-order chi connectivity index (χ1) is 15.9. The van der Waals surface area contributed by atoms with Gasteiger partial charge in [-0.05, 0) is 29.9 Å². The summed E-state index contributed by atoms with van der Waals surface area (Å²) in [5.74, 6) is -0.320. The van der Waals surface area contributed by atoms with E-state index in [9.17, 15) is 14.4 Å². The van der Waals surface area contributed by atoms with Crippen LogP contribution in [0.15, 0.2) is 42.5 Å². The van der Waals surface area contributed by atoms with Crippen LogP contribution in [0.1, 0.15) is 28.8 Å². The number of ether oxygens (including phenoxy) is 3. The zero-order chi connectivity index (χ0) is 24.2. The Balaban J connectivity index is 1.77. The van der Waals surface area contributed by atoms with Crippen LogP contribution in [-0.4, -0.2) is 44.2 Å². The molecule has 0 saturated heterocycles. The molecule has 10 nitrogen and oxygen atoms in total. The predicted molar refractivity (Wildman–Crippen MR) is 125 cm³/mol. The van der Waals surface area contributed by atoms with Gasteiger partial charge < -0.3 is 19.5 Å². The van der Waals surface area contributed by atoms with Crippen LogP contribution < -0.4 is 35.7 Å². The SMILES string of the molecule is COc1cc(C(=O)NC(=S)NNC(=O)CCC(=O)NCc2ccccc2)cc(OC)c1OC. The maximum Gasteiger partial charge on any atom is 0.257 e. The summed E-state index contributed by atoms with van der Waals surface area (Å²) in [6.45, 7) is 0.386. The van der Waals surface area contributed by atoms with Crippen molar-refractivity contribution in [3.8, 4) is 17.2 Å². The topological polar surface area (TPSA) is 127 Å². The predicted octanol–water partition coefficient (Wildman–Crippen LogP) is 1.44. The lowest BCUT2D eigenvalue weighted by molar-refractivity contribution is -0.126. The van der Waals surface area contributed by atoms with Crippen LogP contribution in [0.2, 0.25) is 0 Å². The Kier molecular flexibility index (Phi) is 9.90. The van der Waals surface area contributed by atoms with Crippen LogP contribution in [0.4, 0.5) is 0 Å². The average Bonchev–Trinajstić information content (AvgIpc) is 2.84. The Bertz CT molecular complexity index is 975. The van der Waals surface area contributed by atoms with Gasteiger partial charge in [0.1, 0.15) is 0 Å². The van der Waals surface area contributed by atoms with E-state index in [-0.39, 0.29) is 29.4 Å². The van der Waals surface area contributed by atoms with Gasteiger partial charge in [0.05, 0.1) is 21.3 Å². The molecule has 0 unspecified atom stereocenters. The van der Waals surface area contributed by atoms with E-state index in [0.717, 1.165) is 5.56 Å². The van der Waals surface area contributed by atoms with Crippen molar-refractivity contribution in [2.75, 3.05) is 21.3 Å². The summed E-state index contributed by atoms with van der Waals surface area (Å²) >= 11 is 5.03. The zero-order valence-corrected chi connectivity index (χ0v) is 19.3. The van der Waals surface area contributed by atoms with Gasteiger partial charge in [0, 0.05) is 24.9 Å². The lowest BCUT2D eigenvalue weighted by Crippen LogP contribution is -2.48. The van der Waals surface area contributed by atoms with Gasteiger partial charge in [-0.3, -0.25) is 30.6 Å². The molecule has 0 heterocycles. The number of hydrazine groups is 1. The molecular formula is C22H26N4O6S. The molecule has 0 fully saturated rings. The summed E-state index contributed by atoms with van der Waals surface area (Å²) in [6, 6.07) is 12.4. The summed E-state index contributed by atoms with van der Waals surface area (Å²) in [6.07, 6.45) is -0.0536. The van der Waals surface area contributed by atoms with Crippen LogP contribution in [0.3, 0.4) is 0 Å². The van der Waals surface area contributed by atoms with Gasteiger partial charge in [0.2, 0.25) is 17.6 Å². The first kappa shape index (κ1) is 25.4. The number of carbonyl (C=O) groups is 3. The third-order valence-corrected chi connectivity index (χ3v) is 4.59. The number of rotatable bonds is 9. The Hall–Kier alpha value is -3.86. The number of nitrogens with one attached hydrogen (secondary N) is 4. The van der Waals surface area contributed by atoms with Gasteiger partial charge in [-0.15, -0.1) is 0 Å². The summed E-state index contributed by atoms with van der Waals surface area (Å²) in [4.78, 5) is 36.3. The molecule has 33 heavy (non-hydrogen) atoms. The lowest BCUT2D eigenvalue weighted by atomic mass is 10.1. The molecule has 0 atom stereocenters. The molecule has 0 saturated carbocycles. The average molecular weight is 475 g/mol. The fourth-order valence-electron chi connectivity index (χ4n) is 2.72. The van der Waals surface area contributed by atoms with E-state index in [1.807, 2.05) is 30.3 Å². The molecule has 2 aromatic rings. The largest absolute Gasteiger partial charge is 0.493 e. The van der Waals surface area contributed by atoms with Crippen molar-refractivity contribution >= 4 is 35.1 Å². The number of thiocarbonyl (C=S) groups is 1. The Morgan fingerprint density at radius 1 is 0.848 bits per heavy atom. The highest BCUT2D eigenvalue weighted by Crippen LogP contribution is 2.38. The fraction of sp³-hybridized carbons (Fsp3) is 0.273. The molecule has 0 aliphatic rings. The molecule has 0 aliphatic heterocycles. The molecule has 2 rings (SSSR count). The Morgan fingerprint density at radius 2 is 1.45 bits per heavy atom. The zero-order valence-electron chi connectivity index (χ0n) is 18.5. The first-order valence-corrected chi connectivity index (χ1v) is 10.3. The van der Waals surface area contributed by atoms with E-state index in [1.54, 1.807) is 0 Å². The second-order valence-corrected chi connectivity index (χ2v) is 7.04. The summed E-state index contributed by atoms with van der Waals surface area (Å²) in [5, 5.41) is 5.04. The van der Waals surface area contributed by atoms with E-state index in [0.29, 0.717) is 23.8 Å². The highest BCUT2D eigenvalue weighted by molar-refractivity contribution is 7.80. The number of amides is 3. The van der Waals surface area contributed by atoms with E-state index < -0.39 is 11.8 Å². The fourth-order valence-corrected chi connectivity index (χ4v) is 2.86. The molecule has 176 valence electrons. The van der Waals surface area contributed by atoms with Gasteiger partial charge in [-0.25, -0.2) is 0 Å². The molecule has 11 heteroatoms. The van der Waals surface area contributed by atoms with Gasteiger partial charge in [-0.1, -0.05) is 30.3 Å². The minimum atomic E-state index is -0.554. The lowest BCUT2D eigenvalue weighted by Gasteiger charge is -2.15. The second kappa shape index (κ2) is 12.9. The second-order valence-electron chi connectivity index (χ2n) is 6.63. The quantitative estimate of drug-likeness (QED) is 0.318. The van der Waals surface area contributed by atoms with Crippen molar-refractivity contribution in [1.29, 1.82) is 0 Å². The van der Waals surface area contributed by atoms with Crippen molar-refractivity contribution in [2.45, 2.75) is 19.4 Å². The van der Waals surface area contributed by atoms with Crippen LogP contribution in [-0.2, 0) is 16.1 Å². The number of hydrogen-bond donors (Lipinski definition) is 4. The standard InChI is InChI=1S/C22H26N4O6S/c1-30-16-11-15(12-17(31-2)20(16)32-3)21(29)24-22(33)26-25-19(28)10-9-18(27)23-13-14-7-5-4-6-8-14/h4-8,11-12H,9-10,13H2,1-3H3,(H,23,27)(H,25,28)(H2,24,26,29,33). The number of benzene rings is 2. The normalized spacial score (nSPS) is 9.91. The molecule has 0 bridgehead atoms. The Morgan fingerprint density at radius 3 is 2.03 bits per heavy atom. The highest BCUT2D eigenvalue weighted by Gasteiger charge is 2.18. The van der Waals surface area contributed by atoms with Crippen molar-refractivity contribution in [1.82, 2.24) is 21.5 Å². The first-order valence-electron chi connectivity index (χ1n) is 9.88. The van der Waals surface area contributed by atoms with E-state index in [4.69, 9.17) is 26.4 Å². The van der Waals surface area contributed by atoms with Crippen LogP contribution in [0.5, 0.6) is 17.2 Å². The maximum atomic E-state index is 12.5. The van der Waals surface area contributed by atoms with Crippen LogP contribution in [0.25, 0.3) is 0 Å². The van der Waals surface area contributed by atoms with Gasteiger partial charge in [-0.2, -0.15) is 0 Å². The van der Waals surface area contributed by atoms with Crippen LogP contribution in [0, 0.1) is 0 Å². The van der Waals surface area contributed by atoms with E-state index >= 15 is 0 Å². The monoisotopic (exact) mass is 474 g/mol. The van der Waals surface area contributed by atoms with Crippen LogP contribution >= 0.6 is 12.2 Å². The molecule has 0 radical (unpaired) electrons. The summed E-state index contributed by atoms with van der Waals surface area (Å²) in [7, 11) is 4.32. The molecule has 4 N–H and O–H groups in total. The third kappa shape index (κ3) is 7.96. The number of carbonyl (C=O) groups excluding carboxylic acids is 3. The minimum absolute atomic E-state index is 0.00487. The Labute approximate surface area is 196 Å². The van der Waals surface area contributed by atoms with Crippen molar-refractivity contribution in [2.24, 2.45) is 0 Å². The third-order valence-electron chi connectivity index (χ3n) is 4.38. The molecule has 2 aromatic carbocycles. The number of methoxy groups -OCH3 is 3. The minimum Gasteiger partial charge on any atom is -0.493 e. The van der Waals surface area contributed by atoms with E-state index in [1.165, 1.54) is 33.5 Å². The van der Waals surface area contributed by atoms with E-state index in [2.05, 4.69) is 21.5 Å².